The standard InChI is InChI=1S/C15H17N3O5.ClH/c1-20-15(19)10-3-2-4-11(7-10)22-9-13-17-14(23-18-13)12-8-16-5-6-21-12;/h2-4,7,12,16H,5-6,8-9H2,1H3;1H/t12-;/m0./s1. The molecule has 2 heterocycles. The second kappa shape index (κ2) is 8.62. The number of methoxy groups -OCH3 is 1. The lowest BCUT2D eigenvalue weighted by Crippen LogP contribution is -2.33. The zero-order valence-electron chi connectivity index (χ0n) is 13.1. The average Bonchev–Trinajstić information content (AvgIpc) is 3.09. The summed E-state index contributed by atoms with van der Waals surface area (Å²) in [7, 11) is 1.33. The highest BCUT2D eigenvalue weighted by Gasteiger charge is 2.22. The van der Waals surface area contributed by atoms with Gasteiger partial charge in [-0.05, 0) is 18.2 Å². The fourth-order valence-corrected chi connectivity index (χ4v) is 2.16. The Morgan fingerprint density at radius 1 is 1.46 bits per heavy atom. The topological polar surface area (TPSA) is 95.7 Å². The molecule has 1 aliphatic heterocycles. The molecule has 1 aliphatic rings. The summed E-state index contributed by atoms with van der Waals surface area (Å²) in [5.74, 6) is 0.950. The first kappa shape index (κ1) is 18.2. The second-order valence-electron chi connectivity index (χ2n) is 4.92. The molecule has 1 atom stereocenters. The molecule has 1 aromatic carbocycles. The fraction of sp³-hybridized carbons (Fsp3) is 0.400. The van der Waals surface area contributed by atoms with Gasteiger partial charge in [0.25, 0.3) is 5.89 Å². The summed E-state index contributed by atoms with van der Waals surface area (Å²) < 4.78 is 21.0. The molecule has 2 aromatic rings. The van der Waals surface area contributed by atoms with Gasteiger partial charge >= 0.3 is 5.97 Å². The van der Waals surface area contributed by atoms with Crippen molar-refractivity contribution in [3.63, 3.8) is 0 Å². The molecule has 130 valence electrons. The van der Waals surface area contributed by atoms with E-state index in [0.717, 1.165) is 6.54 Å². The van der Waals surface area contributed by atoms with Crippen LogP contribution < -0.4 is 10.1 Å². The summed E-state index contributed by atoms with van der Waals surface area (Å²) in [5.41, 5.74) is 0.417. The third kappa shape index (κ3) is 4.44. The number of nitrogens with zero attached hydrogens (tertiary/aromatic N) is 2. The van der Waals surface area contributed by atoms with E-state index in [1.807, 2.05) is 0 Å². The van der Waals surface area contributed by atoms with Gasteiger partial charge in [0.2, 0.25) is 5.82 Å². The highest BCUT2D eigenvalue weighted by Crippen LogP contribution is 2.18. The number of esters is 1. The number of carbonyl (C=O) groups excluding carboxylic acids is 1. The molecule has 1 aromatic heterocycles. The first-order chi connectivity index (χ1) is 11.3. The van der Waals surface area contributed by atoms with Crippen molar-refractivity contribution in [2.24, 2.45) is 0 Å². The van der Waals surface area contributed by atoms with E-state index in [0.29, 0.717) is 36.2 Å². The van der Waals surface area contributed by atoms with Crippen LogP contribution in [0.3, 0.4) is 0 Å². The molecule has 1 N–H and O–H groups in total. The van der Waals surface area contributed by atoms with Gasteiger partial charge in [0.15, 0.2) is 6.61 Å². The van der Waals surface area contributed by atoms with Crippen LogP contribution in [0.15, 0.2) is 28.8 Å². The minimum Gasteiger partial charge on any atom is -0.485 e. The normalized spacial score (nSPS) is 17.0. The Bertz CT molecular complexity index is 673. The summed E-state index contributed by atoms with van der Waals surface area (Å²) in [6, 6.07) is 6.70. The Morgan fingerprint density at radius 3 is 3.08 bits per heavy atom. The highest BCUT2D eigenvalue weighted by atomic mass is 35.5. The molecule has 24 heavy (non-hydrogen) atoms. The van der Waals surface area contributed by atoms with Crippen molar-refractivity contribution in [2.45, 2.75) is 12.7 Å². The number of nitrogens with one attached hydrogen (secondary N) is 1. The average molecular weight is 356 g/mol. The van der Waals surface area contributed by atoms with Crippen molar-refractivity contribution in [1.82, 2.24) is 15.5 Å². The third-order valence-corrected chi connectivity index (χ3v) is 3.31. The van der Waals surface area contributed by atoms with E-state index in [2.05, 4.69) is 20.2 Å². The Balaban J connectivity index is 0.00000208. The van der Waals surface area contributed by atoms with Crippen LogP contribution in [0, 0.1) is 0 Å². The molecule has 1 saturated heterocycles. The van der Waals surface area contributed by atoms with Crippen LogP contribution in [-0.2, 0) is 16.1 Å². The molecular formula is C15H18ClN3O5. The van der Waals surface area contributed by atoms with Gasteiger partial charge in [0.05, 0.1) is 19.3 Å². The zero-order valence-corrected chi connectivity index (χ0v) is 13.9. The Labute approximate surface area is 144 Å². The smallest absolute Gasteiger partial charge is 0.337 e. The van der Waals surface area contributed by atoms with Gasteiger partial charge in [-0.15, -0.1) is 12.4 Å². The first-order valence-corrected chi connectivity index (χ1v) is 7.22. The van der Waals surface area contributed by atoms with Gasteiger partial charge in [0.1, 0.15) is 11.9 Å². The molecule has 1 fully saturated rings. The molecule has 0 amide bonds. The minimum atomic E-state index is -0.417. The van der Waals surface area contributed by atoms with Gasteiger partial charge in [-0.3, -0.25) is 0 Å². The van der Waals surface area contributed by atoms with Crippen LogP contribution in [-0.4, -0.2) is 42.9 Å². The quantitative estimate of drug-likeness (QED) is 0.806. The molecular weight excluding hydrogens is 338 g/mol. The van der Waals surface area contributed by atoms with Crippen LogP contribution in [0.1, 0.15) is 28.2 Å². The molecule has 0 unspecified atom stereocenters. The molecule has 0 saturated carbocycles. The Morgan fingerprint density at radius 2 is 2.33 bits per heavy atom. The number of morpholine rings is 1. The largest absolute Gasteiger partial charge is 0.485 e. The molecule has 0 radical (unpaired) electrons. The van der Waals surface area contributed by atoms with E-state index in [9.17, 15) is 4.79 Å². The Kier molecular flexibility index (Phi) is 6.53. The van der Waals surface area contributed by atoms with Crippen molar-refractivity contribution >= 4 is 18.4 Å². The summed E-state index contributed by atoms with van der Waals surface area (Å²) in [6.45, 7) is 2.20. The van der Waals surface area contributed by atoms with Crippen LogP contribution in [0.4, 0.5) is 0 Å². The number of rotatable bonds is 5. The summed E-state index contributed by atoms with van der Waals surface area (Å²) in [5, 5.41) is 7.06. The van der Waals surface area contributed by atoms with Gasteiger partial charge in [-0.1, -0.05) is 11.2 Å². The SMILES string of the molecule is COC(=O)c1cccc(OCc2noc([C@@H]3CNCCO3)n2)c1.Cl. The van der Waals surface area contributed by atoms with Crippen molar-refractivity contribution in [2.75, 3.05) is 26.8 Å². The minimum absolute atomic E-state index is 0. The van der Waals surface area contributed by atoms with E-state index in [1.165, 1.54) is 7.11 Å². The van der Waals surface area contributed by atoms with Crippen molar-refractivity contribution in [3.05, 3.63) is 41.5 Å². The lowest BCUT2D eigenvalue weighted by atomic mass is 10.2. The maximum atomic E-state index is 11.5. The van der Waals surface area contributed by atoms with E-state index < -0.39 is 5.97 Å². The maximum Gasteiger partial charge on any atom is 0.337 e. The lowest BCUT2D eigenvalue weighted by molar-refractivity contribution is 0.00755. The monoisotopic (exact) mass is 355 g/mol. The van der Waals surface area contributed by atoms with Gasteiger partial charge in [-0.2, -0.15) is 4.98 Å². The summed E-state index contributed by atoms with van der Waals surface area (Å²) >= 11 is 0. The van der Waals surface area contributed by atoms with Gasteiger partial charge < -0.3 is 24.1 Å². The van der Waals surface area contributed by atoms with Crippen molar-refractivity contribution in [3.8, 4) is 5.75 Å². The predicted octanol–water partition coefficient (Wildman–Crippen LogP) is 1.52. The van der Waals surface area contributed by atoms with E-state index in [4.69, 9.17) is 14.0 Å². The number of hydrogen-bond donors (Lipinski definition) is 1. The number of benzene rings is 1. The van der Waals surface area contributed by atoms with Crippen LogP contribution in [0.25, 0.3) is 0 Å². The number of carbonyl (C=O) groups is 1. The van der Waals surface area contributed by atoms with Crippen LogP contribution >= 0.6 is 12.4 Å². The maximum absolute atomic E-state index is 11.5. The van der Waals surface area contributed by atoms with Crippen molar-refractivity contribution < 1.29 is 23.5 Å². The number of ether oxygens (including phenoxy) is 3. The highest BCUT2D eigenvalue weighted by molar-refractivity contribution is 5.89. The molecule has 0 bridgehead atoms. The third-order valence-electron chi connectivity index (χ3n) is 3.31. The second-order valence-corrected chi connectivity index (χ2v) is 4.92. The molecule has 0 spiro atoms. The van der Waals surface area contributed by atoms with Gasteiger partial charge in [-0.25, -0.2) is 4.79 Å². The number of aromatic nitrogens is 2. The first-order valence-electron chi connectivity index (χ1n) is 7.22. The molecule has 3 rings (SSSR count). The Hall–Kier alpha value is -2.16. The lowest BCUT2D eigenvalue weighted by Gasteiger charge is -2.19. The number of halogens is 1. The molecule has 8 nitrogen and oxygen atoms in total. The number of hydrogen-bond acceptors (Lipinski definition) is 8. The summed E-state index contributed by atoms with van der Waals surface area (Å²) in [4.78, 5) is 15.7. The predicted molar refractivity (Wildman–Crippen MR) is 85.2 cm³/mol. The van der Waals surface area contributed by atoms with Gasteiger partial charge in [0, 0.05) is 13.1 Å². The van der Waals surface area contributed by atoms with E-state index >= 15 is 0 Å². The molecule has 9 heteroatoms. The van der Waals surface area contributed by atoms with Crippen LogP contribution in [0.2, 0.25) is 0 Å². The van der Waals surface area contributed by atoms with E-state index in [1.54, 1.807) is 24.3 Å². The summed E-state index contributed by atoms with van der Waals surface area (Å²) in [6.07, 6.45) is -0.229. The fourth-order valence-electron chi connectivity index (χ4n) is 2.16. The van der Waals surface area contributed by atoms with Crippen LogP contribution in [0.5, 0.6) is 5.75 Å². The molecule has 0 aliphatic carbocycles. The van der Waals surface area contributed by atoms with Crippen molar-refractivity contribution in [1.29, 1.82) is 0 Å². The zero-order chi connectivity index (χ0) is 16.1. The van der Waals surface area contributed by atoms with E-state index in [-0.39, 0.29) is 25.1 Å².